The highest BCUT2D eigenvalue weighted by atomic mass is 127. The van der Waals surface area contributed by atoms with Crippen molar-refractivity contribution in [3.63, 3.8) is 0 Å². The Bertz CT molecular complexity index is 641. The predicted octanol–water partition coefficient (Wildman–Crippen LogP) is 4.20. The minimum atomic E-state index is -0.444. The molecule has 1 amide bonds. The molecule has 1 saturated heterocycles. The van der Waals surface area contributed by atoms with E-state index in [4.69, 9.17) is 14.2 Å². The predicted molar refractivity (Wildman–Crippen MR) is 104 cm³/mol. The maximum absolute atomic E-state index is 11.9. The van der Waals surface area contributed by atoms with Crippen LogP contribution in [0, 0.1) is 3.70 Å². The number of hydrogen-bond acceptors (Lipinski definition) is 6. The molecule has 0 atom stereocenters. The van der Waals surface area contributed by atoms with Gasteiger partial charge in [-0.3, -0.25) is 0 Å². The molecule has 8 heteroatoms. The van der Waals surface area contributed by atoms with E-state index < -0.39 is 6.09 Å². The Balaban J connectivity index is 1.55. The molecular formula is C17H23IN2O4S. The number of rotatable bonds is 4. The van der Waals surface area contributed by atoms with Gasteiger partial charge in [-0.1, -0.05) is 23.0 Å². The van der Waals surface area contributed by atoms with Crippen LogP contribution in [0.2, 0.25) is 0 Å². The minimum absolute atomic E-state index is 0.356. The lowest BCUT2D eigenvalue weighted by Crippen LogP contribution is -2.34. The Labute approximate surface area is 165 Å². The summed E-state index contributed by atoms with van der Waals surface area (Å²) in [7, 11) is 0. The highest BCUT2D eigenvalue weighted by Gasteiger charge is 2.41. The Morgan fingerprint density at radius 3 is 2.72 bits per heavy atom. The number of nitrogens with zero attached hydrogens (tertiary/aromatic N) is 1. The molecule has 2 fully saturated rings. The number of halogens is 1. The summed E-state index contributed by atoms with van der Waals surface area (Å²) in [6, 6.07) is 0. The molecule has 1 spiro atoms. The van der Waals surface area contributed by atoms with Crippen molar-refractivity contribution in [3.05, 3.63) is 20.4 Å². The van der Waals surface area contributed by atoms with Gasteiger partial charge in [-0.25, -0.2) is 9.78 Å². The summed E-state index contributed by atoms with van der Waals surface area (Å²) in [5, 5.41) is 4.32. The summed E-state index contributed by atoms with van der Waals surface area (Å²) in [6.45, 7) is 5.83. The summed E-state index contributed by atoms with van der Waals surface area (Å²) in [5.41, 5.74) is 1.15. The van der Waals surface area contributed by atoms with E-state index in [1.54, 1.807) is 0 Å². The fourth-order valence-electron chi connectivity index (χ4n) is 3.09. The number of thiazole rings is 1. The molecule has 0 unspecified atom stereocenters. The van der Waals surface area contributed by atoms with Crippen molar-refractivity contribution in [3.8, 4) is 5.06 Å². The van der Waals surface area contributed by atoms with Crippen LogP contribution in [0.3, 0.4) is 0 Å². The summed E-state index contributed by atoms with van der Waals surface area (Å²) < 4.78 is 17.7. The van der Waals surface area contributed by atoms with Gasteiger partial charge in [-0.2, -0.15) is 0 Å². The maximum atomic E-state index is 11.9. The molecular weight excluding hydrogens is 455 g/mol. The Morgan fingerprint density at radius 1 is 1.40 bits per heavy atom. The number of carbonyl (C=O) groups excluding carboxylic acids is 1. The van der Waals surface area contributed by atoms with Crippen molar-refractivity contribution in [1.82, 2.24) is 10.3 Å². The van der Waals surface area contributed by atoms with Gasteiger partial charge in [0, 0.05) is 25.3 Å². The van der Waals surface area contributed by atoms with Crippen molar-refractivity contribution in [2.24, 2.45) is 0 Å². The van der Waals surface area contributed by atoms with Gasteiger partial charge >= 0.3 is 6.09 Å². The molecule has 1 N–H and O–H groups in total. The zero-order chi connectivity index (χ0) is 17.9. The second-order valence-electron chi connectivity index (χ2n) is 6.56. The first-order valence-corrected chi connectivity index (χ1v) is 10.4. The molecule has 1 aliphatic carbocycles. The van der Waals surface area contributed by atoms with Gasteiger partial charge in [0.2, 0.25) is 5.06 Å². The van der Waals surface area contributed by atoms with E-state index in [0.717, 1.165) is 40.0 Å². The van der Waals surface area contributed by atoms with Crippen LogP contribution in [0.4, 0.5) is 4.79 Å². The number of nitrogens with one attached hydrogen (secondary N) is 1. The van der Waals surface area contributed by atoms with Gasteiger partial charge in [0.25, 0.3) is 0 Å². The van der Waals surface area contributed by atoms with Crippen LogP contribution in [0.1, 0.15) is 50.5 Å². The first kappa shape index (κ1) is 19.1. The topological polar surface area (TPSA) is 69.7 Å². The van der Waals surface area contributed by atoms with Crippen LogP contribution in [-0.4, -0.2) is 36.6 Å². The van der Waals surface area contributed by atoms with Crippen molar-refractivity contribution in [2.75, 3.05) is 19.8 Å². The molecule has 1 aliphatic heterocycles. The third kappa shape index (κ3) is 4.93. The smallest absolute Gasteiger partial charge is 0.396 e. The fourth-order valence-corrected chi connectivity index (χ4v) is 4.93. The van der Waals surface area contributed by atoms with E-state index in [1.165, 1.54) is 11.3 Å². The van der Waals surface area contributed by atoms with Crippen molar-refractivity contribution < 1.29 is 19.0 Å². The first-order chi connectivity index (χ1) is 12.0. The molecule has 138 valence electrons. The van der Waals surface area contributed by atoms with E-state index in [-0.39, 0.29) is 5.79 Å². The van der Waals surface area contributed by atoms with E-state index in [9.17, 15) is 4.79 Å². The molecule has 1 saturated carbocycles. The molecule has 1 aromatic heterocycles. The third-order valence-corrected chi connectivity index (χ3v) is 6.62. The van der Waals surface area contributed by atoms with E-state index in [2.05, 4.69) is 32.9 Å². The number of hydrogen-bond donors (Lipinski definition) is 1. The SMILES string of the molecule is CC(C)=CCNC(=O)Oc1sc(C2CCC3(CC2)OCCO3)nc1I. The van der Waals surface area contributed by atoms with Gasteiger partial charge in [0.15, 0.2) is 9.49 Å². The first-order valence-electron chi connectivity index (χ1n) is 8.51. The molecule has 6 nitrogen and oxygen atoms in total. The largest absolute Gasteiger partial charge is 0.413 e. The van der Waals surface area contributed by atoms with Crippen LogP contribution in [-0.2, 0) is 9.47 Å². The van der Waals surface area contributed by atoms with Crippen LogP contribution in [0.15, 0.2) is 11.6 Å². The summed E-state index contributed by atoms with van der Waals surface area (Å²) in [4.78, 5) is 16.5. The van der Waals surface area contributed by atoms with Gasteiger partial charge in [-0.15, -0.1) is 0 Å². The standard InChI is InChI=1S/C17H23IN2O4S/c1-11(2)5-8-19-16(21)24-15-13(18)20-14(25-15)12-3-6-17(7-4-12)22-9-10-23-17/h5,12H,3-4,6-10H2,1-2H3,(H,19,21). The van der Waals surface area contributed by atoms with Crippen molar-refractivity contribution in [1.29, 1.82) is 0 Å². The lowest BCUT2D eigenvalue weighted by Gasteiger charge is -2.34. The maximum Gasteiger partial charge on any atom is 0.413 e. The molecule has 3 rings (SSSR count). The van der Waals surface area contributed by atoms with Crippen molar-refractivity contribution in [2.45, 2.75) is 51.2 Å². The molecule has 0 bridgehead atoms. The van der Waals surface area contributed by atoms with Crippen LogP contribution in [0.25, 0.3) is 0 Å². The molecule has 0 radical (unpaired) electrons. The summed E-state index contributed by atoms with van der Waals surface area (Å²) in [6.07, 6.45) is 5.25. The average Bonchev–Trinajstić information content (AvgIpc) is 3.16. The molecule has 2 heterocycles. The number of aromatic nitrogens is 1. The number of allylic oxidation sites excluding steroid dienone is 1. The zero-order valence-corrected chi connectivity index (χ0v) is 17.4. The summed E-state index contributed by atoms with van der Waals surface area (Å²) >= 11 is 3.59. The van der Waals surface area contributed by atoms with E-state index in [1.807, 2.05) is 19.9 Å². The van der Waals surface area contributed by atoms with E-state index in [0.29, 0.717) is 30.7 Å². The molecule has 1 aromatic rings. The quantitative estimate of drug-likeness (QED) is 0.519. The Hall–Kier alpha value is -0.710. The van der Waals surface area contributed by atoms with Gasteiger partial charge in [-0.05, 0) is 49.3 Å². The number of carbonyl (C=O) groups is 1. The molecule has 25 heavy (non-hydrogen) atoms. The summed E-state index contributed by atoms with van der Waals surface area (Å²) in [5.74, 6) is 0.0217. The molecule has 0 aromatic carbocycles. The van der Waals surface area contributed by atoms with Crippen LogP contribution >= 0.6 is 33.9 Å². The minimum Gasteiger partial charge on any atom is -0.396 e. The van der Waals surface area contributed by atoms with Crippen molar-refractivity contribution >= 4 is 40.0 Å². The molecule has 2 aliphatic rings. The zero-order valence-electron chi connectivity index (χ0n) is 14.5. The second kappa shape index (κ2) is 8.32. The van der Waals surface area contributed by atoms with Crippen LogP contribution in [0.5, 0.6) is 5.06 Å². The monoisotopic (exact) mass is 478 g/mol. The van der Waals surface area contributed by atoms with Gasteiger partial charge < -0.3 is 19.5 Å². The number of amides is 1. The normalized spacial score (nSPS) is 19.8. The lowest BCUT2D eigenvalue weighted by atomic mass is 9.85. The van der Waals surface area contributed by atoms with E-state index >= 15 is 0 Å². The van der Waals surface area contributed by atoms with Crippen LogP contribution < -0.4 is 10.1 Å². The van der Waals surface area contributed by atoms with Gasteiger partial charge in [0.05, 0.1) is 13.2 Å². The Kier molecular flexibility index (Phi) is 6.35. The second-order valence-corrected chi connectivity index (χ2v) is 8.58. The lowest BCUT2D eigenvalue weighted by molar-refractivity contribution is -0.178. The highest BCUT2D eigenvalue weighted by molar-refractivity contribution is 14.1. The highest BCUT2D eigenvalue weighted by Crippen LogP contribution is 2.44. The van der Waals surface area contributed by atoms with Gasteiger partial charge in [0.1, 0.15) is 5.01 Å². The number of ether oxygens (including phenoxy) is 3. The Morgan fingerprint density at radius 2 is 2.08 bits per heavy atom. The average molecular weight is 478 g/mol. The third-order valence-electron chi connectivity index (χ3n) is 4.43. The fraction of sp³-hybridized carbons (Fsp3) is 0.647.